The largest absolute Gasteiger partial charge is 0.398 e. The van der Waals surface area contributed by atoms with Gasteiger partial charge in [0.25, 0.3) is 0 Å². The Bertz CT molecular complexity index is 496. The number of hydrogen-bond donors (Lipinski definition) is 1. The number of nitrogens with zero attached hydrogens (tertiary/aromatic N) is 2. The van der Waals surface area contributed by atoms with Crippen molar-refractivity contribution < 1.29 is 18.8 Å². The van der Waals surface area contributed by atoms with Crippen molar-refractivity contribution in [1.82, 2.24) is 0 Å². The Labute approximate surface area is 105 Å². The molecular weight excluding hydrogens is 255 g/mol. The van der Waals surface area contributed by atoms with E-state index in [1.54, 1.807) is 30.3 Å². The molecule has 1 aromatic rings. The van der Waals surface area contributed by atoms with Gasteiger partial charge < -0.3 is 14.3 Å². The van der Waals surface area contributed by atoms with Crippen molar-refractivity contribution >= 4 is 13.0 Å². The van der Waals surface area contributed by atoms with E-state index in [9.17, 15) is 9.46 Å². The average Bonchev–Trinajstić information content (AvgIpc) is 2.37. The Morgan fingerprint density at radius 1 is 1.50 bits per heavy atom. The summed E-state index contributed by atoms with van der Waals surface area (Å²) in [6, 6.07) is 10.2. The standard InChI is InChI=1S/C11H13N2O4P/c1-16-13-11(10-6-3-2-4-7-10)18(14,15)17-9-5-8-12/h2-4,6-7H,5,9H2,1H3,(H,14,15)/b13-11+. The van der Waals surface area contributed by atoms with Gasteiger partial charge in [0.05, 0.1) is 19.1 Å². The molecule has 18 heavy (non-hydrogen) atoms. The molecule has 1 N–H and O–H groups in total. The maximum absolute atomic E-state index is 12.0. The van der Waals surface area contributed by atoms with Gasteiger partial charge in [-0.1, -0.05) is 35.5 Å². The van der Waals surface area contributed by atoms with E-state index in [1.807, 2.05) is 6.07 Å². The molecule has 6 nitrogen and oxygen atoms in total. The topological polar surface area (TPSA) is 91.9 Å². The van der Waals surface area contributed by atoms with Crippen molar-refractivity contribution in [3.05, 3.63) is 35.9 Å². The molecule has 0 spiro atoms. The Morgan fingerprint density at radius 2 is 2.17 bits per heavy atom. The summed E-state index contributed by atoms with van der Waals surface area (Å²) in [6.07, 6.45) is 0.0274. The van der Waals surface area contributed by atoms with Gasteiger partial charge in [0.2, 0.25) is 0 Å². The molecule has 96 valence electrons. The van der Waals surface area contributed by atoms with E-state index in [2.05, 4.69) is 9.99 Å². The first-order chi connectivity index (χ1) is 8.61. The molecule has 0 radical (unpaired) electrons. The van der Waals surface area contributed by atoms with Crippen LogP contribution >= 0.6 is 7.60 Å². The summed E-state index contributed by atoms with van der Waals surface area (Å²) in [5.74, 6) is 0. The lowest BCUT2D eigenvalue weighted by atomic mass is 10.2. The van der Waals surface area contributed by atoms with Crippen LogP contribution in [0.25, 0.3) is 0 Å². The second-order valence-corrected chi connectivity index (χ2v) is 4.95. The molecule has 0 fully saturated rings. The minimum atomic E-state index is -4.10. The molecule has 0 aliphatic carbocycles. The Morgan fingerprint density at radius 3 is 2.72 bits per heavy atom. The average molecular weight is 268 g/mol. The third kappa shape index (κ3) is 3.97. The molecule has 0 amide bonds. The Kier molecular flexibility index (Phi) is 5.53. The highest BCUT2D eigenvalue weighted by Crippen LogP contribution is 2.46. The van der Waals surface area contributed by atoms with Crippen molar-refractivity contribution in [3.8, 4) is 6.07 Å². The fourth-order valence-electron chi connectivity index (χ4n) is 1.22. The number of rotatable bonds is 6. The van der Waals surface area contributed by atoms with E-state index in [1.165, 1.54) is 7.11 Å². The summed E-state index contributed by atoms with van der Waals surface area (Å²) in [5, 5.41) is 11.9. The molecule has 0 aliphatic heterocycles. The second kappa shape index (κ2) is 6.92. The normalized spacial score (nSPS) is 14.6. The molecule has 0 bridgehead atoms. The summed E-state index contributed by atoms with van der Waals surface area (Å²) in [6.45, 7) is -0.139. The van der Waals surface area contributed by atoms with Crippen molar-refractivity contribution in [2.24, 2.45) is 5.16 Å². The Balaban J connectivity index is 2.96. The van der Waals surface area contributed by atoms with Crippen LogP contribution in [0.5, 0.6) is 0 Å². The second-order valence-electron chi connectivity index (χ2n) is 3.23. The Hall–Kier alpha value is -1.67. The molecule has 0 heterocycles. The van der Waals surface area contributed by atoms with E-state index in [0.717, 1.165) is 0 Å². The van der Waals surface area contributed by atoms with Gasteiger partial charge in [-0.05, 0) is 0 Å². The lowest BCUT2D eigenvalue weighted by Crippen LogP contribution is -2.06. The van der Waals surface area contributed by atoms with Crippen LogP contribution in [-0.2, 0) is 13.9 Å². The lowest BCUT2D eigenvalue weighted by molar-refractivity contribution is 0.212. The number of nitriles is 1. The van der Waals surface area contributed by atoms with E-state index in [0.29, 0.717) is 5.56 Å². The lowest BCUT2D eigenvalue weighted by Gasteiger charge is -2.13. The summed E-state index contributed by atoms with van der Waals surface area (Å²) in [5.41, 5.74) is 0.255. The number of hydrogen-bond acceptors (Lipinski definition) is 5. The molecule has 0 saturated carbocycles. The summed E-state index contributed by atoms with van der Waals surface area (Å²) in [7, 11) is -2.82. The van der Waals surface area contributed by atoms with Crippen LogP contribution in [-0.4, -0.2) is 24.1 Å². The van der Waals surface area contributed by atoms with Crippen LogP contribution in [0.2, 0.25) is 0 Å². The van der Waals surface area contributed by atoms with Gasteiger partial charge in [-0.2, -0.15) is 5.26 Å². The molecule has 7 heteroatoms. The van der Waals surface area contributed by atoms with E-state index < -0.39 is 7.60 Å². The highest BCUT2D eigenvalue weighted by Gasteiger charge is 2.30. The molecule has 0 saturated heterocycles. The van der Waals surface area contributed by atoms with Gasteiger partial charge in [0.1, 0.15) is 7.11 Å². The minimum absolute atomic E-state index is 0.0274. The molecular formula is C11H13N2O4P. The summed E-state index contributed by atoms with van der Waals surface area (Å²) < 4.78 is 16.8. The summed E-state index contributed by atoms with van der Waals surface area (Å²) in [4.78, 5) is 14.4. The third-order valence-corrected chi connectivity index (χ3v) is 3.37. The molecule has 1 atom stereocenters. The van der Waals surface area contributed by atoms with Gasteiger partial charge >= 0.3 is 7.60 Å². The highest BCUT2D eigenvalue weighted by molar-refractivity contribution is 7.72. The van der Waals surface area contributed by atoms with Gasteiger partial charge in [-0.15, -0.1) is 0 Å². The number of benzene rings is 1. The van der Waals surface area contributed by atoms with Crippen molar-refractivity contribution in [2.45, 2.75) is 6.42 Å². The monoisotopic (exact) mass is 268 g/mol. The quantitative estimate of drug-likeness (QED) is 0.369. The molecule has 1 unspecified atom stereocenters. The van der Waals surface area contributed by atoms with E-state index in [-0.39, 0.29) is 18.5 Å². The van der Waals surface area contributed by atoms with E-state index >= 15 is 0 Å². The van der Waals surface area contributed by atoms with Gasteiger partial charge in [-0.25, -0.2) is 0 Å². The zero-order valence-corrected chi connectivity index (χ0v) is 10.7. The number of oxime groups is 1. The van der Waals surface area contributed by atoms with Crippen molar-refractivity contribution in [3.63, 3.8) is 0 Å². The first-order valence-corrected chi connectivity index (χ1v) is 6.71. The van der Waals surface area contributed by atoms with Crippen LogP contribution < -0.4 is 0 Å². The highest BCUT2D eigenvalue weighted by atomic mass is 31.2. The van der Waals surface area contributed by atoms with Crippen LogP contribution in [0, 0.1) is 11.3 Å². The molecule has 0 aliphatic rings. The smallest absolute Gasteiger partial charge is 0.381 e. The first-order valence-electron chi connectivity index (χ1n) is 5.13. The van der Waals surface area contributed by atoms with Crippen molar-refractivity contribution in [1.29, 1.82) is 5.26 Å². The molecule has 1 aromatic carbocycles. The summed E-state index contributed by atoms with van der Waals surface area (Å²) >= 11 is 0. The third-order valence-electron chi connectivity index (χ3n) is 1.96. The fraction of sp³-hybridized carbons (Fsp3) is 0.273. The van der Waals surface area contributed by atoms with Crippen molar-refractivity contribution in [2.75, 3.05) is 13.7 Å². The van der Waals surface area contributed by atoms with Crippen LogP contribution in [0.4, 0.5) is 0 Å². The SMILES string of the molecule is CO/N=C(\c1ccccc1)P(=O)(O)OCCC#N. The van der Waals surface area contributed by atoms with Gasteiger partial charge in [0.15, 0.2) is 5.45 Å². The first kappa shape index (κ1) is 14.4. The van der Waals surface area contributed by atoms with Crippen LogP contribution in [0.1, 0.15) is 12.0 Å². The molecule has 0 aromatic heterocycles. The molecule has 1 rings (SSSR count). The fourth-order valence-corrected chi connectivity index (χ4v) is 2.34. The van der Waals surface area contributed by atoms with Gasteiger partial charge in [-0.3, -0.25) is 4.57 Å². The minimum Gasteiger partial charge on any atom is -0.398 e. The van der Waals surface area contributed by atoms with Gasteiger partial charge in [0, 0.05) is 5.56 Å². The maximum Gasteiger partial charge on any atom is 0.381 e. The zero-order valence-electron chi connectivity index (χ0n) is 9.81. The van der Waals surface area contributed by atoms with E-state index in [4.69, 9.17) is 9.79 Å². The maximum atomic E-state index is 12.0. The zero-order chi connectivity index (χ0) is 13.4. The van der Waals surface area contributed by atoms with Crippen LogP contribution in [0.15, 0.2) is 35.5 Å². The van der Waals surface area contributed by atoms with Crippen LogP contribution in [0.3, 0.4) is 0 Å². The predicted octanol–water partition coefficient (Wildman–Crippen LogP) is 2.11. The predicted molar refractivity (Wildman–Crippen MR) is 66.0 cm³/mol.